The minimum atomic E-state index is -0.0717. The van der Waals surface area contributed by atoms with Gasteiger partial charge in [0.1, 0.15) is 6.54 Å². The summed E-state index contributed by atoms with van der Waals surface area (Å²) in [7, 11) is 1.76. The van der Waals surface area contributed by atoms with Gasteiger partial charge >= 0.3 is 0 Å². The molecule has 5 nitrogen and oxygen atoms in total. The van der Waals surface area contributed by atoms with Gasteiger partial charge in [-0.05, 0) is 37.6 Å². The van der Waals surface area contributed by atoms with Gasteiger partial charge in [0.15, 0.2) is 0 Å². The summed E-state index contributed by atoms with van der Waals surface area (Å²) in [6, 6.07) is 5.61. The third-order valence-corrected chi connectivity index (χ3v) is 3.58. The van der Waals surface area contributed by atoms with Gasteiger partial charge in [0.25, 0.3) is 5.91 Å². The average molecular weight is 275 g/mol. The first kappa shape index (κ1) is 14.4. The second-order valence-electron chi connectivity index (χ2n) is 5.10. The lowest BCUT2D eigenvalue weighted by molar-refractivity contribution is -0.133. The molecule has 1 aromatic rings. The molecule has 0 spiro atoms. The van der Waals surface area contributed by atoms with Crippen LogP contribution in [0.1, 0.15) is 22.8 Å². The molecule has 20 heavy (non-hydrogen) atoms. The molecule has 0 radical (unpaired) electrons. The van der Waals surface area contributed by atoms with Gasteiger partial charge in [-0.25, -0.2) is 0 Å². The summed E-state index contributed by atoms with van der Waals surface area (Å²) in [6.45, 7) is 6.22. The first-order valence-corrected chi connectivity index (χ1v) is 6.90. The Labute approximate surface area is 119 Å². The van der Waals surface area contributed by atoms with Crippen molar-refractivity contribution < 1.29 is 9.59 Å². The average Bonchev–Trinajstić information content (AvgIpc) is 2.43. The van der Waals surface area contributed by atoms with E-state index in [1.54, 1.807) is 16.8 Å². The first-order chi connectivity index (χ1) is 9.52. The van der Waals surface area contributed by atoms with Crippen LogP contribution in [0.25, 0.3) is 0 Å². The SMILES string of the molecule is CCNc1ccc(C(=O)N2CCN(C)C(=O)C2)cc1C. The Kier molecular flexibility index (Phi) is 4.27. The van der Waals surface area contributed by atoms with Crippen molar-refractivity contribution in [2.45, 2.75) is 13.8 Å². The molecule has 2 amide bonds. The van der Waals surface area contributed by atoms with Crippen LogP contribution in [0.3, 0.4) is 0 Å². The zero-order valence-electron chi connectivity index (χ0n) is 12.3. The van der Waals surface area contributed by atoms with E-state index in [9.17, 15) is 9.59 Å². The van der Waals surface area contributed by atoms with Gasteiger partial charge in [-0.1, -0.05) is 0 Å². The summed E-state index contributed by atoms with van der Waals surface area (Å²) >= 11 is 0. The third kappa shape index (κ3) is 2.92. The van der Waals surface area contributed by atoms with Gasteiger partial charge in [0, 0.05) is 37.9 Å². The molecule has 2 rings (SSSR count). The fourth-order valence-corrected chi connectivity index (χ4v) is 2.30. The summed E-state index contributed by atoms with van der Waals surface area (Å²) in [4.78, 5) is 27.3. The van der Waals surface area contributed by atoms with Crippen LogP contribution < -0.4 is 5.32 Å². The molecule has 1 aliphatic heterocycles. The van der Waals surface area contributed by atoms with Gasteiger partial charge in [0.2, 0.25) is 5.91 Å². The van der Waals surface area contributed by atoms with E-state index in [1.165, 1.54) is 0 Å². The number of piperazine rings is 1. The van der Waals surface area contributed by atoms with Crippen LogP contribution in [0.2, 0.25) is 0 Å². The highest BCUT2D eigenvalue weighted by atomic mass is 16.2. The smallest absolute Gasteiger partial charge is 0.254 e. The molecule has 0 aromatic heterocycles. The maximum atomic E-state index is 12.4. The van der Waals surface area contributed by atoms with Gasteiger partial charge in [-0.3, -0.25) is 9.59 Å². The molecular formula is C15H21N3O2. The molecule has 0 bridgehead atoms. The molecule has 0 unspecified atom stereocenters. The van der Waals surface area contributed by atoms with Crippen LogP contribution in [0.4, 0.5) is 5.69 Å². The van der Waals surface area contributed by atoms with Crippen molar-refractivity contribution in [2.75, 3.05) is 38.5 Å². The molecule has 1 fully saturated rings. The number of amides is 2. The number of rotatable bonds is 3. The number of likely N-dealkylation sites (N-methyl/N-ethyl adjacent to an activating group) is 1. The highest BCUT2D eigenvalue weighted by molar-refractivity contribution is 5.97. The number of nitrogens with zero attached hydrogens (tertiary/aromatic N) is 2. The number of anilines is 1. The highest BCUT2D eigenvalue weighted by Gasteiger charge is 2.25. The number of hydrogen-bond acceptors (Lipinski definition) is 3. The molecule has 1 aromatic carbocycles. The largest absolute Gasteiger partial charge is 0.385 e. The molecule has 1 N–H and O–H groups in total. The highest BCUT2D eigenvalue weighted by Crippen LogP contribution is 2.18. The number of aryl methyl sites for hydroxylation is 1. The van der Waals surface area contributed by atoms with E-state index in [0.29, 0.717) is 18.7 Å². The van der Waals surface area contributed by atoms with Crippen LogP contribution in [-0.2, 0) is 4.79 Å². The van der Waals surface area contributed by atoms with Crippen molar-refractivity contribution >= 4 is 17.5 Å². The second-order valence-corrected chi connectivity index (χ2v) is 5.10. The summed E-state index contributed by atoms with van der Waals surface area (Å²) < 4.78 is 0. The van der Waals surface area contributed by atoms with Crippen LogP contribution in [-0.4, -0.2) is 54.8 Å². The minimum absolute atomic E-state index is 0.00871. The van der Waals surface area contributed by atoms with E-state index in [0.717, 1.165) is 17.8 Å². The maximum absolute atomic E-state index is 12.4. The summed E-state index contributed by atoms with van der Waals surface area (Å²) in [5.74, 6) is -0.0804. The van der Waals surface area contributed by atoms with Crippen molar-refractivity contribution in [1.82, 2.24) is 9.80 Å². The standard InChI is InChI=1S/C15H21N3O2/c1-4-16-13-6-5-12(9-11(13)2)15(20)18-8-7-17(3)14(19)10-18/h5-6,9,16H,4,7-8,10H2,1-3H3. The quantitative estimate of drug-likeness (QED) is 0.905. The van der Waals surface area contributed by atoms with Gasteiger partial charge in [-0.2, -0.15) is 0 Å². The van der Waals surface area contributed by atoms with Crippen LogP contribution >= 0.6 is 0 Å². The molecule has 1 heterocycles. The zero-order valence-corrected chi connectivity index (χ0v) is 12.3. The topological polar surface area (TPSA) is 52.7 Å². The molecule has 108 valence electrons. The Bertz CT molecular complexity index is 528. The Balaban J connectivity index is 2.13. The first-order valence-electron chi connectivity index (χ1n) is 6.90. The molecule has 1 saturated heterocycles. The fraction of sp³-hybridized carbons (Fsp3) is 0.467. The Morgan fingerprint density at radius 1 is 1.35 bits per heavy atom. The van der Waals surface area contributed by atoms with E-state index >= 15 is 0 Å². The normalized spacial score (nSPS) is 15.4. The lowest BCUT2D eigenvalue weighted by atomic mass is 10.1. The second kappa shape index (κ2) is 5.94. The van der Waals surface area contributed by atoms with Crippen molar-refractivity contribution in [2.24, 2.45) is 0 Å². The number of carbonyl (C=O) groups excluding carboxylic acids is 2. The third-order valence-electron chi connectivity index (χ3n) is 3.58. The minimum Gasteiger partial charge on any atom is -0.385 e. The summed E-state index contributed by atoms with van der Waals surface area (Å²) in [5, 5.41) is 3.25. The van der Waals surface area contributed by atoms with Crippen LogP contribution in [0.15, 0.2) is 18.2 Å². The van der Waals surface area contributed by atoms with E-state index in [-0.39, 0.29) is 18.4 Å². The number of hydrogen-bond donors (Lipinski definition) is 1. The summed E-state index contributed by atoms with van der Waals surface area (Å²) in [6.07, 6.45) is 0. The molecule has 1 aliphatic rings. The van der Waals surface area contributed by atoms with Gasteiger partial charge < -0.3 is 15.1 Å². The van der Waals surface area contributed by atoms with Crippen LogP contribution in [0, 0.1) is 6.92 Å². The number of benzene rings is 1. The van der Waals surface area contributed by atoms with Crippen LogP contribution in [0.5, 0.6) is 0 Å². The Morgan fingerprint density at radius 3 is 2.70 bits per heavy atom. The number of carbonyl (C=O) groups is 2. The zero-order chi connectivity index (χ0) is 14.7. The lowest BCUT2D eigenvalue weighted by Crippen LogP contribution is -2.50. The van der Waals surface area contributed by atoms with Crippen molar-refractivity contribution in [3.8, 4) is 0 Å². The van der Waals surface area contributed by atoms with Gasteiger partial charge in [0.05, 0.1) is 0 Å². The molecule has 0 saturated carbocycles. The van der Waals surface area contributed by atoms with Crippen molar-refractivity contribution in [1.29, 1.82) is 0 Å². The van der Waals surface area contributed by atoms with Crippen molar-refractivity contribution in [3.63, 3.8) is 0 Å². The van der Waals surface area contributed by atoms with E-state index in [4.69, 9.17) is 0 Å². The molecule has 0 atom stereocenters. The van der Waals surface area contributed by atoms with E-state index < -0.39 is 0 Å². The fourth-order valence-electron chi connectivity index (χ4n) is 2.30. The predicted octanol–water partition coefficient (Wildman–Crippen LogP) is 1.34. The summed E-state index contributed by atoms with van der Waals surface area (Å²) in [5.41, 5.74) is 2.72. The predicted molar refractivity (Wildman–Crippen MR) is 78.9 cm³/mol. The molecular weight excluding hydrogens is 254 g/mol. The van der Waals surface area contributed by atoms with E-state index in [1.807, 2.05) is 32.0 Å². The molecule has 0 aliphatic carbocycles. The Morgan fingerprint density at radius 2 is 2.10 bits per heavy atom. The van der Waals surface area contributed by atoms with Crippen molar-refractivity contribution in [3.05, 3.63) is 29.3 Å². The molecule has 5 heteroatoms. The Hall–Kier alpha value is -2.04. The van der Waals surface area contributed by atoms with Gasteiger partial charge in [-0.15, -0.1) is 0 Å². The number of nitrogens with one attached hydrogen (secondary N) is 1. The lowest BCUT2D eigenvalue weighted by Gasteiger charge is -2.32. The van der Waals surface area contributed by atoms with E-state index in [2.05, 4.69) is 5.32 Å². The monoisotopic (exact) mass is 275 g/mol. The maximum Gasteiger partial charge on any atom is 0.254 e.